The third kappa shape index (κ3) is 5.93. The minimum Gasteiger partial charge on any atom is -0.459 e. The number of carbonyl (C=O) groups is 1. The number of aliphatic imine (C=N–C) groups is 1. The van der Waals surface area contributed by atoms with Gasteiger partial charge in [0.15, 0.2) is 11.7 Å². The van der Waals surface area contributed by atoms with Gasteiger partial charge in [-0.2, -0.15) is 0 Å². The first-order valence-corrected chi connectivity index (χ1v) is 11.1. The van der Waals surface area contributed by atoms with Crippen LogP contribution in [0, 0.1) is 5.92 Å². The number of guanidine groups is 1. The van der Waals surface area contributed by atoms with Gasteiger partial charge in [-0.05, 0) is 42.5 Å². The quantitative estimate of drug-likeness (QED) is 0.357. The Labute approximate surface area is 207 Å². The molecule has 4 heterocycles. The molecule has 2 aromatic rings. The van der Waals surface area contributed by atoms with E-state index in [1.165, 1.54) is 19.1 Å². The number of carbonyl (C=O) groups excluding carboxylic acids is 1. The van der Waals surface area contributed by atoms with Gasteiger partial charge < -0.3 is 24.4 Å². The lowest BCUT2D eigenvalue weighted by Gasteiger charge is -2.36. The minimum absolute atomic E-state index is 0. The monoisotopic (exact) mass is 552 g/mol. The topological polar surface area (TPSA) is 77.2 Å². The summed E-state index contributed by atoms with van der Waals surface area (Å²) < 4.78 is 5.23. The number of hydrogen-bond donors (Lipinski definition) is 1. The maximum Gasteiger partial charge on any atom is 0.289 e. The predicted octanol–water partition coefficient (Wildman–Crippen LogP) is 3.06. The van der Waals surface area contributed by atoms with E-state index >= 15 is 0 Å². The summed E-state index contributed by atoms with van der Waals surface area (Å²) in [6.07, 6.45) is 5.96. The summed E-state index contributed by atoms with van der Waals surface area (Å²) >= 11 is 0. The van der Waals surface area contributed by atoms with Crippen molar-refractivity contribution in [2.45, 2.75) is 26.3 Å². The summed E-state index contributed by atoms with van der Waals surface area (Å²) in [6.45, 7) is 7.93. The maximum atomic E-state index is 12.4. The average Bonchev–Trinajstić information content (AvgIpc) is 3.35. The third-order valence-corrected chi connectivity index (χ3v) is 6.18. The van der Waals surface area contributed by atoms with Gasteiger partial charge in [-0.15, -0.1) is 24.0 Å². The Hall–Kier alpha value is -2.30. The smallest absolute Gasteiger partial charge is 0.289 e. The highest BCUT2D eigenvalue weighted by Crippen LogP contribution is 2.21. The zero-order valence-electron chi connectivity index (χ0n) is 18.9. The second-order valence-electron chi connectivity index (χ2n) is 8.35. The molecule has 0 bridgehead atoms. The fourth-order valence-electron chi connectivity index (χ4n) is 4.14. The molecule has 0 radical (unpaired) electrons. The van der Waals surface area contributed by atoms with Gasteiger partial charge in [-0.3, -0.25) is 9.79 Å². The molecule has 0 saturated carbocycles. The fraction of sp³-hybridized carbons (Fsp3) is 0.522. The average molecular weight is 552 g/mol. The van der Waals surface area contributed by atoms with Gasteiger partial charge in [0.05, 0.1) is 6.26 Å². The highest BCUT2D eigenvalue weighted by atomic mass is 127. The number of amides is 1. The number of aromatic nitrogens is 1. The maximum absolute atomic E-state index is 12.4. The standard InChI is InChI=1S/C23H32N6O2.HI/c1-18-7-9-27(10-8-18)21-6-5-19(16-25-21)17-26-23(24-2)29-13-11-28(12-14-29)22(30)20-4-3-15-31-20;/h3-6,15-16,18H,7-14,17H2,1-2H3,(H,24,26);1H. The molecule has 2 aliphatic rings. The third-order valence-electron chi connectivity index (χ3n) is 6.18. The van der Waals surface area contributed by atoms with Gasteiger partial charge in [0.25, 0.3) is 5.91 Å². The van der Waals surface area contributed by atoms with E-state index in [0.29, 0.717) is 25.4 Å². The van der Waals surface area contributed by atoms with Gasteiger partial charge in [0.2, 0.25) is 0 Å². The lowest BCUT2D eigenvalue weighted by atomic mass is 9.99. The van der Waals surface area contributed by atoms with E-state index in [4.69, 9.17) is 4.42 Å². The normalized spacial score (nSPS) is 17.8. The second kappa shape index (κ2) is 11.5. The van der Waals surface area contributed by atoms with Crippen LogP contribution in [0.1, 0.15) is 35.9 Å². The molecule has 2 aliphatic heterocycles. The molecule has 8 nitrogen and oxygen atoms in total. The summed E-state index contributed by atoms with van der Waals surface area (Å²) in [5.74, 6) is 3.07. The molecule has 2 aromatic heterocycles. The van der Waals surface area contributed by atoms with Crippen molar-refractivity contribution in [3.05, 3.63) is 48.0 Å². The summed E-state index contributed by atoms with van der Waals surface area (Å²) in [5.41, 5.74) is 1.13. The molecule has 0 aromatic carbocycles. The number of rotatable bonds is 4. The van der Waals surface area contributed by atoms with E-state index in [1.54, 1.807) is 19.2 Å². The van der Waals surface area contributed by atoms with Crippen molar-refractivity contribution in [1.82, 2.24) is 20.1 Å². The van der Waals surface area contributed by atoms with Crippen LogP contribution in [0.3, 0.4) is 0 Å². The fourth-order valence-corrected chi connectivity index (χ4v) is 4.14. The molecule has 2 fully saturated rings. The second-order valence-corrected chi connectivity index (χ2v) is 8.35. The molecule has 32 heavy (non-hydrogen) atoms. The van der Waals surface area contributed by atoms with E-state index in [0.717, 1.165) is 49.4 Å². The summed E-state index contributed by atoms with van der Waals surface area (Å²) in [4.78, 5) is 27.9. The lowest BCUT2D eigenvalue weighted by Crippen LogP contribution is -2.53. The molecule has 0 atom stereocenters. The Morgan fingerprint density at radius 3 is 2.44 bits per heavy atom. The zero-order valence-corrected chi connectivity index (χ0v) is 21.2. The van der Waals surface area contributed by atoms with E-state index in [1.807, 2.05) is 11.1 Å². The van der Waals surface area contributed by atoms with E-state index in [-0.39, 0.29) is 29.9 Å². The van der Waals surface area contributed by atoms with Crippen molar-refractivity contribution < 1.29 is 9.21 Å². The van der Waals surface area contributed by atoms with Crippen molar-refractivity contribution >= 4 is 41.7 Å². The van der Waals surface area contributed by atoms with Crippen LogP contribution in [0.15, 0.2) is 46.1 Å². The number of pyridine rings is 1. The molecule has 9 heteroatoms. The minimum atomic E-state index is -0.0538. The van der Waals surface area contributed by atoms with Crippen molar-refractivity contribution in [1.29, 1.82) is 0 Å². The number of nitrogens with one attached hydrogen (secondary N) is 1. The Kier molecular flexibility index (Phi) is 8.77. The lowest BCUT2D eigenvalue weighted by molar-refractivity contribution is 0.0657. The van der Waals surface area contributed by atoms with E-state index < -0.39 is 0 Å². The molecule has 1 amide bonds. The first kappa shape index (κ1) is 24.3. The van der Waals surface area contributed by atoms with Crippen molar-refractivity contribution in [3.63, 3.8) is 0 Å². The van der Waals surface area contributed by atoms with E-state index in [9.17, 15) is 4.79 Å². The highest BCUT2D eigenvalue weighted by Gasteiger charge is 2.25. The first-order valence-electron chi connectivity index (χ1n) is 11.1. The largest absolute Gasteiger partial charge is 0.459 e. The zero-order chi connectivity index (χ0) is 21.6. The highest BCUT2D eigenvalue weighted by molar-refractivity contribution is 14.0. The molecule has 2 saturated heterocycles. The molecular formula is C23H33IN6O2. The van der Waals surface area contributed by atoms with Gasteiger partial charge in [-0.25, -0.2) is 4.98 Å². The molecule has 0 spiro atoms. The van der Waals surface area contributed by atoms with Crippen LogP contribution in [0.5, 0.6) is 0 Å². The molecule has 4 rings (SSSR count). The number of halogens is 1. The van der Waals surface area contributed by atoms with Crippen molar-refractivity contribution in [2.75, 3.05) is 51.2 Å². The molecule has 1 N–H and O–H groups in total. The van der Waals surface area contributed by atoms with Gasteiger partial charge in [0, 0.05) is 59.1 Å². The number of piperazine rings is 1. The first-order chi connectivity index (χ1) is 15.1. The number of nitrogens with zero attached hydrogens (tertiary/aromatic N) is 5. The number of hydrogen-bond acceptors (Lipinski definition) is 5. The molecular weight excluding hydrogens is 519 g/mol. The van der Waals surface area contributed by atoms with Crippen LogP contribution in [-0.4, -0.2) is 73.0 Å². The Balaban J connectivity index is 0.00000289. The SMILES string of the molecule is CN=C(NCc1ccc(N2CCC(C)CC2)nc1)N1CCN(C(=O)c2ccco2)CC1.I. The molecule has 0 aliphatic carbocycles. The molecule has 0 unspecified atom stereocenters. The van der Waals surface area contributed by atoms with Gasteiger partial charge in [-0.1, -0.05) is 13.0 Å². The number of piperidine rings is 1. The van der Waals surface area contributed by atoms with Crippen LogP contribution < -0.4 is 10.2 Å². The molecule has 174 valence electrons. The predicted molar refractivity (Wildman–Crippen MR) is 137 cm³/mol. The number of furan rings is 1. The van der Waals surface area contributed by atoms with E-state index in [2.05, 4.69) is 44.1 Å². The Morgan fingerprint density at radius 1 is 1.12 bits per heavy atom. The van der Waals surface area contributed by atoms with Crippen molar-refractivity contribution in [2.24, 2.45) is 10.9 Å². The Bertz CT molecular complexity index is 870. The summed E-state index contributed by atoms with van der Waals surface area (Å²) in [7, 11) is 1.79. The van der Waals surface area contributed by atoms with Crippen LogP contribution >= 0.6 is 24.0 Å². The summed E-state index contributed by atoms with van der Waals surface area (Å²) in [5, 5.41) is 3.43. The van der Waals surface area contributed by atoms with Crippen LogP contribution in [0.25, 0.3) is 0 Å². The van der Waals surface area contributed by atoms with Gasteiger partial charge in [0.1, 0.15) is 5.82 Å². The van der Waals surface area contributed by atoms with Crippen molar-refractivity contribution in [3.8, 4) is 0 Å². The van der Waals surface area contributed by atoms with Crippen LogP contribution in [0.4, 0.5) is 5.82 Å². The number of anilines is 1. The Morgan fingerprint density at radius 2 is 1.84 bits per heavy atom. The van der Waals surface area contributed by atoms with Crippen LogP contribution in [-0.2, 0) is 6.54 Å². The van der Waals surface area contributed by atoms with Gasteiger partial charge >= 0.3 is 0 Å². The van der Waals surface area contributed by atoms with Crippen LogP contribution in [0.2, 0.25) is 0 Å². The summed E-state index contributed by atoms with van der Waals surface area (Å²) in [6, 6.07) is 7.71.